The monoisotopic (exact) mass is 228 g/mol. The maximum atomic E-state index is 8.96. The molecule has 4 atom stereocenters. The molecule has 0 radical (unpaired) electrons. The number of aliphatic hydroxyl groups is 2. The minimum absolute atomic E-state index is 0.273. The van der Waals surface area contributed by atoms with Crippen molar-refractivity contribution in [2.24, 2.45) is 23.7 Å². The third-order valence-electron chi connectivity index (χ3n) is 2.94. The zero-order valence-corrected chi connectivity index (χ0v) is 11.2. The van der Waals surface area contributed by atoms with Crippen LogP contribution in [-0.2, 0) is 0 Å². The van der Waals surface area contributed by atoms with Crippen LogP contribution in [0.25, 0.3) is 0 Å². The van der Waals surface area contributed by atoms with E-state index in [2.05, 4.69) is 39.8 Å². The minimum atomic E-state index is 0.273. The first-order chi connectivity index (χ1) is 7.49. The second-order valence-electron chi connectivity index (χ2n) is 5.39. The molecule has 0 aliphatic rings. The highest BCUT2D eigenvalue weighted by atomic mass is 16.3. The van der Waals surface area contributed by atoms with Crippen LogP contribution in [0.3, 0.4) is 0 Å². The number of aliphatic hydroxyl groups excluding tert-OH is 2. The summed E-state index contributed by atoms with van der Waals surface area (Å²) in [6.45, 7) is 9.06. The molecule has 96 valence electrons. The molecule has 0 rings (SSSR count). The molecule has 2 heteroatoms. The van der Waals surface area contributed by atoms with E-state index in [-0.39, 0.29) is 13.2 Å². The summed E-state index contributed by atoms with van der Waals surface area (Å²) in [5.41, 5.74) is 0. The van der Waals surface area contributed by atoms with Crippen molar-refractivity contribution < 1.29 is 10.2 Å². The smallest absolute Gasteiger partial charge is 0.0456 e. The SMILES string of the molecule is C[C@@H](CO)C[C@H](C)/C=C/[C@@H](C)C[C@@H](C)CO. The first-order valence-corrected chi connectivity index (χ1v) is 6.39. The van der Waals surface area contributed by atoms with Gasteiger partial charge < -0.3 is 10.2 Å². The highest BCUT2D eigenvalue weighted by Gasteiger charge is 2.07. The number of rotatable bonds is 8. The summed E-state index contributed by atoms with van der Waals surface area (Å²) in [6, 6.07) is 0. The fourth-order valence-electron chi connectivity index (χ4n) is 1.95. The van der Waals surface area contributed by atoms with Crippen molar-refractivity contribution in [1.29, 1.82) is 0 Å². The summed E-state index contributed by atoms with van der Waals surface area (Å²) < 4.78 is 0. The topological polar surface area (TPSA) is 40.5 Å². The quantitative estimate of drug-likeness (QED) is 0.627. The van der Waals surface area contributed by atoms with Gasteiger partial charge in [-0.15, -0.1) is 0 Å². The van der Waals surface area contributed by atoms with E-state index >= 15 is 0 Å². The van der Waals surface area contributed by atoms with Crippen LogP contribution in [-0.4, -0.2) is 23.4 Å². The van der Waals surface area contributed by atoms with E-state index in [1.165, 1.54) is 0 Å². The first kappa shape index (κ1) is 15.7. The average Bonchev–Trinajstić information content (AvgIpc) is 2.26. The van der Waals surface area contributed by atoms with Crippen LogP contribution in [0.15, 0.2) is 12.2 Å². The van der Waals surface area contributed by atoms with Gasteiger partial charge in [0.05, 0.1) is 0 Å². The molecule has 0 aromatic heterocycles. The van der Waals surface area contributed by atoms with Crippen LogP contribution in [0, 0.1) is 23.7 Å². The molecule has 0 aromatic rings. The summed E-state index contributed by atoms with van der Waals surface area (Å²) >= 11 is 0. The fraction of sp³-hybridized carbons (Fsp3) is 0.857. The lowest BCUT2D eigenvalue weighted by atomic mass is 9.93. The zero-order valence-electron chi connectivity index (χ0n) is 11.2. The van der Waals surface area contributed by atoms with Gasteiger partial charge in [-0.05, 0) is 36.5 Å². The van der Waals surface area contributed by atoms with Gasteiger partial charge >= 0.3 is 0 Å². The van der Waals surface area contributed by atoms with Crippen LogP contribution >= 0.6 is 0 Å². The van der Waals surface area contributed by atoms with Gasteiger partial charge in [0.25, 0.3) is 0 Å². The van der Waals surface area contributed by atoms with Crippen LogP contribution < -0.4 is 0 Å². The Morgan fingerprint density at radius 1 is 0.750 bits per heavy atom. The van der Waals surface area contributed by atoms with E-state index in [0.29, 0.717) is 23.7 Å². The van der Waals surface area contributed by atoms with Gasteiger partial charge in [-0.3, -0.25) is 0 Å². The van der Waals surface area contributed by atoms with Crippen molar-refractivity contribution in [2.75, 3.05) is 13.2 Å². The maximum Gasteiger partial charge on any atom is 0.0456 e. The Bertz CT molecular complexity index is 169. The standard InChI is InChI=1S/C14H28O2/c1-11(7-13(3)9-15)5-6-12(2)8-14(4)10-16/h5-6,11-16H,7-10H2,1-4H3/b6-5+/t11-,12-,13-,14-/m1/s1. The molecule has 2 N–H and O–H groups in total. The van der Waals surface area contributed by atoms with E-state index in [1.807, 2.05) is 0 Å². The van der Waals surface area contributed by atoms with Crippen molar-refractivity contribution in [1.82, 2.24) is 0 Å². The summed E-state index contributed by atoms with van der Waals surface area (Å²) in [4.78, 5) is 0. The molecule has 0 aliphatic heterocycles. The molecular weight excluding hydrogens is 200 g/mol. The molecule has 0 aliphatic carbocycles. The van der Waals surface area contributed by atoms with Gasteiger partial charge in [0, 0.05) is 13.2 Å². The molecule has 0 unspecified atom stereocenters. The minimum Gasteiger partial charge on any atom is -0.396 e. The Balaban J connectivity index is 3.87. The van der Waals surface area contributed by atoms with Crippen molar-refractivity contribution in [3.63, 3.8) is 0 Å². The predicted octanol–water partition coefficient (Wildman–Crippen LogP) is 2.85. The van der Waals surface area contributed by atoms with Gasteiger partial charge in [0.1, 0.15) is 0 Å². The fourth-order valence-corrected chi connectivity index (χ4v) is 1.95. The third-order valence-corrected chi connectivity index (χ3v) is 2.94. The maximum absolute atomic E-state index is 8.96. The molecule has 0 bridgehead atoms. The Hall–Kier alpha value is -0.340. The third kappa shape index (κ3) is 7.89. The normalized spacial score (nSPS) is 19.6. The lowest BCUT2D eigenvalue weighted by Gasteiger charge is -2.14. The van der Waals surface area contributed by atoms with Crippen molar-refractivity contribution >= 4 is 0 Å². The van der Waals surface area contributed by atoms with Crippen molar-refractivity contribution in [2.45, 2.75) is 40.5 Å². The van der Waals surface area contributed by atoms with E-state index in [9.17, 15) is 0 Å². The summed E-state index contributed by atoms with van der Waals surface area (Å²) in [5.74, 6) is 1.81. The Kier molecular flexibility index (Phi) is 8.58. The molecule has 0 saturated heterocycles. The van der Waals surface area contributed by atoms with Gasteiger partial charge in [-0.2, -0.15) is 0 Å². The summed E-state index contributed by atoms with van der Waals surface area (Å²) in [5, 5.41) is 17.9. The Labute approximate surface area is 100 Å². The zero-order chi connectivity index (χ0) is 12.6. The molecule has 0 amide bonds. The van der Waals surface area contributed by atoms with E-state index in [0.717, 1.165) is 12.8 Å². The van der Waals surface area contributed by atoms with Gasteiger partial charge in [0.2, 0.25) is 0 Å². The molecular formula is C14H28O2. The lowest BCUT2D eigenvalue weighted by Crippen LogP contribution is -2.07. The molecule has 0 heterocycles. The molecule has 0 saturated carbocycles. The number of hydrogen-bond acceptors (Lipinski definition) is 2. The number of allylic oxidation sites excluding steroid dienone is 2. The highest BCUT2D eigenvalue weighted by molar-refractivity contribution is 4.91. The molecule has 0 fully saturated rings. The van der Waals surface area contributed by atoms with Crippen LogP contribution in [0.1, 0.15) is 40.5 Å². The van der Waals surface area contributed by atoms with E-state index < -0.39 is 0 Å². The molecule has 0 spiro atoms. The second kappa shape index (κ2) is 8.77. The second-order valence-corrected chi connectivity index (χ2v) is 5.39. The van der Waals surface area contributed by atoms with Crippen LogP contribution in [0.2, 0.25) is 0 Å². The average molecular weight is 228 g/mol. The van der Waals surface area contributed by atoms with Crippen LogP contribution in [0.5, 0.6) is 0 Å². The van der Waals surface area contributed by atoms with Crippen molar-refractivity contribution in [3.05, 3.63) is 12.2 Å². The molecule has 16 heavy (non-hydrogen) atoms. The van der Waals surface area contributed by atoms with E-state index in [1.54, 1.807) is 0 Å². The van der Waals surface area contributed by atoms with Crippen molar-refractivity contribution in [3.8, 4) is 0 Å². The van der Waals surface area contributed by atoms with Gasteiger partial charge in [-0.25, -0.2) is 0 Å². The highest BCUT2D eigenvalue weighted by Crippen LogP contribution is 2.16. The number of hydrogen-bond donors (Lipinski definition) is 2. The first-order valence-electron chi connectivity index (χ1n) is 6.39. The Morgan fingerprint density at radius 2 is 1.06 bits per heavy atom. The van der Waals surface area contributed by atoms with Crippen LogP contribution in [0.4, 0.5) is 0 Å². The Morgan fingerprint density at radius 3 is 1.31 bits per heavy atom. The summed E-state index contributed by atoms with van der Waals surface area (Å²) in [6.07, 6.45) is 6.55. The predicted molar refractivity (Wildman–Crippen MR) is 69.2 cm³/mol. The molecule has 2 nitrogen and oxygen atoms in total. The summed E-state index contributed by atoms with van der Waals surface area (Å²) in [7, 11) is 0. The van der Waals surface area contributed by atoms with E-state index in [4.69, 9.17) is 10.2 Å². The van der Waals surface area contributed by atoms with Gasteiger partial charge in [-0.1, -0.05) is 39.8 Å². The van der Waals surface area contributed by atoms with Gasteiger partial charge in [0.15, 0.2) is 0 Å². The largest absolute Gasteiger partial charge is 0.396 e. The molecule has 0 aromatic carbocycles. The lowest BCUT2D eigenvalue weighted by molar-refractivity contribution is 0.220.